The fourth-order valence-electron chi connectivity index (χ4n) is 3.77. The lowest BCUT2D eigenvalue weighted by Gasteiger charge is -2.39. The second-order valence-corrected chi connectivity index (χ2v) is 8.24. The lowest BCUT2D eigenvalue weighted by molar-refractivity contribution is -0.277. The summed E-state index contributed by atoms with van der Waals surface area (Å²) in [7, 11) is 2.91. The molecule has 1 heterocycles. The van der Waals surface area contributed by atoms with Crippen LogP contribution in [0.4, 0.5) is 0 Å². The van der Waals surface area contributed by atoms with Gasteiger partial charge in [-0.3, -0.25) is 0 Å². The molecule has 2 aromatic carbocycles. The summed E-state index contributed by atoms with van der Waals surface area (Å²) in [5.74, 6) is 0.752. The maximum atomic E-state index is 10.2. The molecule has 10 heteroatoms. The number of hydrogen-bond acceptors (Lipinski definition) is 10. The molecule has 0 spiro atoms. The van der Waals surface area contributed by atoms with Crippen LogP contribution >= 0.6 is 0 Å². The monoisotopic (exact) mass is 492 g/mol. The third-order valence-electron chi connectivity index (χ3n) is 5.82. The van der Waals surface area contributed by atoms with Gasteiger partial charge in [0.2, 0.25) is 6.29 Å². The summed E-state index contributed by atoms with van der Waals surface area (Å²) < 4.78 is 21.6. The number of methoxy groups -OCH3 is 2. The van der Waals surface area contributed by atoms with Crippen molar-refractivity contribution in [3.8, 4) is 23.0 Å². The maximum absolute atomic E-state index is 10.2. The van der Waals surface area contributed by atoms with Gasteiger partial charge >= 0.3 is 0 Å². The van der Waals surface area contributed by atoms with Crippen LogP contribution in [0.1, 0.15) is 11.1 Å². The smallest absolute Gasteiger partial charge is 0.229 e. The summed E-state index contributed by atoms with van der Waals surface area (Å²) in [5.41, 5.74) is 1.65. The lowest BCUT2D eigenvalue weighted by atomic mass is 9.98. The van der Waals surface area contributed by atoms with Crippen molar-refractivity contribution in [2.45, 2.75) is 37.1 Å². The fourth-order valence-corrected chi connectivity index (χ4v) is 3.77. The van der Waals surface area contributed by atoms with Crippen molar-refractivity contribution in [2.24, 2.45) is 5.92 Å². The molecule has 10 nitrogen and oxygen atoms in total. The Morgan fingerprint density at radius 1 is 0.914 bits per heavy atom. The van der Waals surface area contributed by atoms with E-state index in [-0.39, 0.29) is 24.0 Å². The molecule has 1 fully saturated rings. The molecule has 0 amide bonds. The molecule has 35 heavy (non-hydrogen) atoms. The minimum Gasteiger partial charge on any atom is -0.504 e. The Labute approximate surface area is 203 Å². The van der Waals surface area contributed by atoms with E-state index >= 15 is 0 Å². The lowest BCUT2D eigenvalue weighted by Crippen LogP contribution is -2.60. The van der Waals surface area contributed by atoms with Gasteiger partial charge in [0, 0.05) is 12.5 Å². The molecular weight excluding hydrogens is 460 g/mol. The first-order chi connectivity index (χ1) is 16.8. The topological polar surface area (TPSA) is 158 Å². The van der Waals surface area contributed by atoms with E-state index < -0.39 is 37.3 Å². The molecule has 0 radical (unpaired) electrons. The summed E-state index contributed by atoms with van der Waals surface area (Å²) >= 11 is 0. The van der Waals surface area contributed by atoms with Crippen molar-refractivity contribution < 1.29 is 49.6 Å². The predicted molar refractivity (Wildman–Crippen MR) is 125 cm³/mol. The molecule has 0 unspecified atom stereocenters. The largest absolute Gasteiger partial charge is 0.504 e. The predicted octanol–water partition coefficient (Wildman–Crippen LogP) is 0.452. The van der Waals surface area contributed by atoms with Crippen molar-refractivity contribution in [2.75, 3.05) is 27.4 Å². The van der Waals surface area contributed by atoms with Gasteiger partial charge in [-0.15, -0.1) is 0 Å². The fraction of sp³-hybridized carbons (Fsp3) is 0.440. The minimum atomic E-state index is -1.55. The van der Waals surface area contributed by atoms with E-state index in [2.05, 4.69) is 0 Å². The van der Waals surface area contributed by atoms with Gasteiger partial charge in [0.15, 0.2) is 23.0 Å². The van der Waals surface area contributed by atoms with Crippen LogP contribution in [0.3, 0.4) is 0 Å². The highest BCUT2D eigenvalue weighted by Gasteiger charge is 2.44. The van der Waals surface area contributed by atoms with Crippen LogP contribution in [0, 0.1) is 5.92 Å². The number of hydrogen-bond donors (Lipinski definition) is 6. The van der Waals surface area contributed by atoms with E-state index in [0.717, 1.165) is 11.1 Å². The van der Waals surface area contributed by atoms with Crippen molar-refractivity contribution in [1.82, 2.24) is 0 Å². The van der Waals surface area contributed by atoms with Crippen LogP contribution < -0.4 is 14.2 Å². The number of aromatic hydroxyl groups is 1. The molecule has 192 valence electrons. The molecule has 2 aromatic rings. The van der Waals surface area contributed by atoms with E-state index in [0.29, 0.717) is 17.9 Å². The van der Waals surface area contributed by atoms with Gasteiger partial charge in [0.1, 0.15) is 24.4 Å². The Kier molecular flexibility index (Phi) is 9.33. The Balaban J connectivity index is 1.71. The normalized spacial score (nSPS) is 25.4. The van der Waals surface area contributed by atoms with E-state index in [1.807, 2.05) is 12.2 Å². The van der Waals surface area contributed by atoms with Gasteiger partial charge in [0.25, 0.3) is 0 Å². The van der Waals surface area contributed by atoms with Crippen molar-refractivity contribution in [3.63, 3.8) is 0 Å². The van der Waals surface area contributed by atoms with Gasteiger partial charge in [-0.1, -0.05) is 24.3 Å². The van der Waals surface area contributed by atoms with E-state index in [1.165, 1.54) is 20.3 Å². The van der Waals surface area contributed by atoms with Crippen LogP contribution in [-0.4, -0.2) is 88.8 Å². The molecular formula is C25H32O10. The average molecular weight is 493 g/mol. The average Bonchev–Trinajstić information content (AvgIpc) is 2.88. The van der Waals surface area contributed by atoms with Crippen molar-refractivity contribution >= 4 is 6.08 Å². The highest BCUT2D eigenvalue weighted by Crippen LogP contribution is 2.33. The van der Waals surface area contributed by atoms with Gasteiger partial charge in [-0.05, 0) is 41.8 Å². The van der Waals surface area contributed by atoms with E-state index in [4.69, 9.17) is 18.9 Å². The number of aliphatic hydroxyl groups excluding tert-OH is 5. The molecule has 1 saturated heterocycles. The summed E-state index contributed by atoms with van der Waals surface area (Å²) in [4.78, 5) is 0. The quantitative estimate of drug-likeness (QED) is 0.275. The summed E-state index contributed by atoms with van der Waals surface area (Å²) in [6.07, 6.45) is -2.83. The van der Waals surface area contributed by atoms with Gasteiger partial charge in [-0.2, -0.15) is 0 Å². The number of benzene rings is 2. The summed E-state index contributed by atoms with van der Waals surface area (Å²) in [5, 5.41) is 59.0. The van der Waals surface area contributed by atoms with Crippen molar-refractivity contribution in [3.05, 3.63) is 53.6 Å². The maximum Gasteiger partial charge on any atom is 0.229 e. The molecule has 0 aromatic heterocycles. The number of ether oxygens (including phenoxy) is 4. The third-order valence-corrected chi connectivity index (χ3v) is 5.82. The first kappa shape index (κ1) is 26.7. The summed E-state index contributed by atoms with van der Waals surface area (Å²) in [6, 6.07) is 10.1. The Morgan fingerprint density at radius 3 is 2.31 bits per heavy atom. The highest BCUT2D eigenvalue weighted by atomic mass is 16.7. The second-order valence-electron chi connectivity index (χ2n) is 8.24. The zero-order chi connectivity index (χ0) is 25.5. The van der Waals surface area contributed by atoms with Gasteiger partial charge < -0.3 is 49.6 Å². The van der Waals surface area contributed by atoms with Gasteiger partial charge in [0.05, 0.1) is 20.8 Å². The van der Waals surface area contributed by atoms with Crippen LogP contribution in [-0.2, 0) is 11.2 Å². The first-order valence-electron chi connectivity index (χ1n) is 11.1. The molecule has 0 saturated carbocycles. The number of rotatable bonds is 10. The van der Waals surface area contributed by atoms with Crippen LogP contribution in [0.15, 0.2) is 42.5 Å². The van der Waals surface area contributed by atoms with Crippen LogP contribution in [0.2, 0.25) is 0 Å². The summed E-state index contributed by atoms with van der Waals surface area (Å²) in [6.45, 7) is -0.662. The molecule has 0 bridgehead atoms. The molecule has 6 N–H and O–H groups in total. The SMILES string of the molecule is COc1cc(/C=C/[C@@H](CO)Cc2ccc(O[C@@H]3O[C@H](CO)[C@@H](O)[C@H](O)[C@H]3O)c(OC)c2)ccc1O. The first-order valence-corrected chi connectivity index (χ1v) is 11.1. The standard InChI is InChI=1S/C25H32O10/c1-32-19-10-14(5-7-17(19)28)3-4-16(12-26)9-15-6-8-18(20(11-15)33-2)34-25-24(31)23(30)22(29)21(13-27)35-25/h3-8,10-11,16,21-31H,9,12-13H2,1-2H3/b4-3+/t16-,21-,22-,23+,24-,25-/m1/s1. The van der Waals surface area contributed by atoms with E-state index in [1.54, 1.807) is 30.3 Å². The van der Waals surface area contributed by atoms with Crippen LogP contribution in [0.5, 0.6) is 23.0 Å². The zero-order valence-corrected chi connectivity index (χ0v) is 19.5. The Hall–Kier alpha value is -2.86. The molecule has 0 aliphatic carbocycles. The number of phenols is 1. The Bertz CT molecular complexity index is 992. The highest BCUT2D eigenvalue weighted by molar-refractivity contribution is 5.55. The second kappa shape index (κ2) is 12.2. The molecule has 1 aliphatic heterocycles. The van der Waals surface area contributed by atoms with Gasteiger partial charge in [-0.25, -0.2) is 0 Å². The molecule has 1 aliphatic rings. The number of phenolic OH excluding ortho intramolecular Hbond substituents is 1. The van der Waals surface area contributed by atoms with Crippen LogP contribution in [0.25, 0.3) is 6.08 Å². The molecule has 6 atom stereocenters. The number of aliphatic hydroxyl groups is 5. The minimum absolute atomic E-state index is 0.0430. The Morgan fingerprint density at radius 2 is 1.66 bits per heavy atom. The third kappa shape index (κ3) is 6.43. The van der Waals surface area contributed by atoms with E-state index in [9.17, 15) is 30.6 Å². The van der Waals surface area contributed by atoms with Crippen molar-refractivity contribution in [1.29, 1.82) is 0 Å². The zero-order valence-electron chi connectivity index (χ0n) is 19.5. The molecule has 3 rings (SSSR count).